The smallest absolute Gasteiger partial charge is 0.266 e. The fraction of sp³-hybridized carbons (Fsp3) is 0.263. The summed E-state index contributed by atoms with van der Waals surface area (Å²) < 4.78 is 13.1. The second-order valence-electron chi connectivity index (χ2n) is 6.14. The third-order valence-electron chi connectivity index (χ3n) is 4.31. The average Bonchev–Trinajstić information content (AvgIpc) is 3.35. The Morgan fingerprint density at radius 1 is 1.27 bits per heavy atom. The molecule has 2 saturated heterocycles. The van der Waals surface area contributed by atoms with E-state index >= 15 is 0 Å². The molecule has 0 saturated carbocycles. The van der Waals surface area contributed by atoms with Gasteiger partial charge in [-0.3, -0.25) is 9.69 Å². The second-order valence-corrected chi connectivity index (χ2v) is 8.73. The topological polar surface area (TPSA) is 42.7 Å². The van der Waals surface area contributed by atoms with Gasteiger partial charge in [0.25, 0.3) is 5.91 Å². The van der Waals surface area contributed by atoms with Gasteiger partial charge in [-0.1, -0.05) is 52.0 Å². The number of thiocarbonyl (C=S) groups is 1. The van der Waals surface area contributed by atoms with Crippen LogP contribution in [-0.2, 0) is 9.53 Å². The molecule has 2 aliphatic heterocycles. The van der Waals surface area contributed by atoms with Crippen molar-refractivity contribution in [2.75, 3.05) is 13.2 Å². The van der Waals surface area contributed by atoms with E-state index in [2.05, 4.69) is 15.9 Å². The highest BCUT2D eigenvalue weighted by Crippen LogP contribution is 2.34. The minimum atomic E-state index is -0.0721. The highest BCUT2D eigenvalue weighted by atomic mass is 79.9. The van der Waals surface area contributed by atoms with Crippen LogP contribution in [0.2, 0.25) is 0 Å². The van der Waals surface area contributed by atoms with Crippen molar-refractivity contribution in [2.45, 2.75) is 18.9 Å². The molecule has 0 aliphatic carbocycles. The highest BCUT2D eigenvalue weighted by molar-refractivity contribution is 9.10. The van der Waals surface area contributed by atoms with E-state index in [1.165, 1.54) is 11.8 Å². The first-order valence-corrected chi connectivity index (χ1v) is 10.3. The number of hydrogen-bond acceptors (Lipinski definition) is 5. The largest absolute Gasteiger partial charge is 0.457 e. The summed E-state index contributed by atoms with van der Waals surface area (Å²) in [6.07, 6.45) is 3.87. The third kappa shape index (κ3) is 3.81. The van der Waals surface area contributed by atoms with Gasteiger partial charge in [-0.15, -0.1) is 0 Å². The van der Waals surface area contributed by atoms with Crippen LogP contribution in [0.15, 0.2) is 50.2 Å². The summed E-state index contributed by atoms with van der Waals surface area (Å²) in [6, 6.07) is 11.7. The Morgan fingerprint density at radius 3 is 2.81 bits per heavy atom. The molecule has 134 valence electrons. The van der Waals surface area contributed by atoms with E-state index in [1.807, 2.05) is 36.4 Å². The lowest BCUT2D eigenvalue weighted by Gasteiger charge is -2.18. The first kappa shape index (κ1) is 18.0. The fourth-order valence-electron chi connectivity index (χ4n) is 2.98. The number of benzene rings is 1. The van der Waals surface area contributed by atoms with Crippen molar-refractivity contribution in [3.05, 3.63) is 51.5 Å². The summed E-state index contributed by atoms with van der Waals surface area (Å²) in [5.74, 6) is 1.33. The molecule has 4 nitrogen and oxygen atoms in total. The molecular weight excluding hydrogens is 434 g/mol. The number of rotatable bonds is 4. The standard InChI is InChI=1S/C19H16BrNO3S2/c20-13-5-3-12(4-6-13)16-8-7-14(24-16)10-17-18(22)21(19(25)26-17)11-15-2-1-9-23-15/h3-8,10,15H,1-2,9,11H2/b17-10-. The fourth-order valence-corrected chi connectivity index (χ4v) is 4.50. The van der Waals surface area contributed by atoms with E-state index in [1.54, 1.807) is 11.0 Å². The molecule has 3 heterocycles. The summed E-state index contributed by atoms with van der Waals surface area (Å²) >= 11 is 10.1. The van der Waals surface area contributed by atoms with Gasteiger partial charge >= 0.3 is 0 Å². The lowest BCUT2D eigenvalue weighted by Crippen LogP contribution is -2.35. The minimum absolute atomic E-state index is 0.0721. The van der Waals surface area contributed by atoms with Crippen LogP contribution in [0.1, 0.15) is 18.6 Å². The van der Waals surface area contributed by atoms with Crippen molar-refractivity contribution >= 4 is 56.2 Å². The number of ether oxygens (including phenoxy) is 1. The lowest BCUT2D eigenvalue weighted by molar-refractivity contribution is -0.123. The number of carbonyl (C=O) groups is 1. The summed E-state index contributed by atoms with van der Waals surface area (Å²) in [7, 11) is 0. The Morgan fingerprint density at radius 2 is 2.08 bits per heavy atom. The van der Waals surface area contributed by atoms with Crippen molar-refractivity contribution in [3.63, 3.8) is 0 Å². The molecule has 1 aromatic carbocycles. The van der Waals surface area contributed by atoms with Gasteiger partial charge in [0.15, 0.2) is 0 Å². The number of carbonyl (C=O) groups excluding carboxylic acids is 1. The Bertz CT molecular complexity index is 869. The molecule has 0 spiro atoms. The third-order valence-corrected chi connectivity index (χ3v) is 6.22. The van der Waals surface area contributed by atoms with E-state index in [4.69, 9.17) is 21.4 Å². The van der Waals surface area contributed by atoms with Gasteiger partial charge in [0.2, 0.25) is 0 Å². The molecule has 7 heteroatoms. The highest BCUT2D eigenvalue weighted by Gasteiger charge is 2.34. The Hall–Kier alpha value is -1.41. The number of halogens is 1. The summed E-state index contributed by atoms with van der Waals surface area (Å²) in [4.78, 5) is 14.9. The molecule has 1 aromatic heterocycles. The first-order valence-electron chi connectivity index (χ1n) is 8.33. The second kappa shape index (κ2) is 7.68. The number of nitrogens with zero attached hydrogens (tertiary/aromatic N) is 1. The SMILES string of the molecule is O=C1/C(=C/c2ccc(-c3ccc(Br)cc3)o2)SC(=S)N1CC1CCCO1. The normalized spacial score (nSPS) is 22.0. The van der Waals surface area contributed by atoms with Gasteiger partial charge in [0, 0.05) is 22.7 Å². The molecule has 2 aromatic rings. The zero-order valence-corrected chi connectivity index (χ0v) is 17.0. The van der Waals surface area contributed by atoms with E-state index in [9.17, 15) is 4.79 Å². The van der Waals surface area contributed by atoms with E-state index < -0.39 is 0 Å². The van der Waals surface area contributed by atoms with Crippen LogP contribution < -0.4 is 0 Å². The predicted molar refractivity (Wildman–Crippen MR) is 111 cm³/mol. The molecule has 0 bridgehead atoms. The van der Waals surface area contributed by atoms with Crippen LogP contribution in [0.5, 0.6) is 0 Å². The molecule has 1 amide bonds. The van der Waals surface area contributed by atoms with Crippen molar-refractivity contribution in [2.24, 2.45) is 0 Å². The van der Waals surface area contributed by atoms with Gasteiger partial charge in [0.1, 0.15) is 15.8 Å². The van der Waals surface area contributed by atoms with Crippen molar-refractivity contribution in [3.8, 4) is 11.3 Å². The first-order chi connectivity index (χ1) is 12.6. The zero-order valence-electron chi connectivity index (χ0n) is 13.8. The average molecular weight is 450 g/mol. The van der Waals surface area contributed by atoms with E-state index in [0.29, 0.717) is 21.5 Å². The molecule has 4 rings (SSSR count). The molecule has 0 radical (unpaired) electrons. The molecular formula is C19H16BrNO3S2. The number of amides is 1. The van der Waals surface area contributed by atoms with Crippen LogP contribution in [-0.4, -0.2) is 34.4 Å². The lowest BCUT2D eigenvalue weighted by atomic mass is 10.2. The summed E-state index contributed by atoms with van der Waals surface area (Å²) in [6.45, 7) is 1.30. The van der Waals surface area contributed by atoms with Crippen LogP contribution >= 0.6 is 39.9 Å². The van der Waals surface area contributed by atoms with Crippen LogP contribution in [0, 0.1) is 0 Å². The van der Waals surface area contributed by atoms with Crippen molar-refractivity contribution in [1.29, 1.82) is 0 Å². The summed E-state index contributed by atoms with van der Waals surface area (Å²) in [5.41, 5.74) is 0.985. The van der Waals surface area contributed by atoms with Crippen LogP contribution in [0.3, 0.4) is 0 Å². The maximum Gasteiger partial charge on any atom is 0.266 e. The van der Waals surface area contributed by atoms with Gasteiger partial charge in [-0.25, -0.2) is 0 Å². The van der Waals surface area contributed by atoms with E-state index in [-0.39, 0.29) is 12.0 Å². The quantitative estimate of drug-likeness (QED) is 0.480. The predicted octanol–water partition coefficient (Wildman–Crippen LogP) is 5.09. The van der Waals surface area contributed by atoms with Gasteiger partial charge < -0.3 is 9.15 Å². The monoisotopic (exact) mass is 449 g/mol. The van der Waals surface area contributed by atoms with Crippen LogP contribution in [0.4, 0.5) is 0 Å². The number of hydrogen-bond donors (Lipinski definition) is 0. The van der Waals surface area contributed by atoms with Crippen molar-refractivity contribution in [1.82, 2.24) is 4.90 Å². The minimum Gasteiger partial charge on any atom is -0.457 e. The molecule has 1 atom stereocenters. The maximum atomic E-state index is 12.7. The molecule has 2 fully saturated rings. The molecule has 0 N–H and O–H groups in total. The van der Waals surface area contributed by atoms with Crippen molar-refractivity contribution < 1.29 is 13.9 Å². The molecule has 1 unspecified atom stereocenters. The number of thioether (sulfide) groups is 1. The van der Waals surface area contributed by atoms with E-state index in [0.717, 1.165) is 35.2 Å². The van der Waals surface area contributed by atoms with Gasteiger partial charge in [0.05, 0.1) is 17.6 Å². The Balaban J connectivity index is 1.50. The number of furan rings is 1. The van der Waals surface area contributed by atoms with Crippen LogP contribution in [0.25, 0.3) is 17.4 Å². The molecule has 2 aliphatic rings. The Kier molecular flexibility index (Phi) is 5.31. The van der Waals surface area contributed by atoms with Gasteiger partial charge in [-0.2, -0.15) is 0 Å². The summed E-state index contributed by atoms with van der Waals surface area (Å²) in [5, 5.41) is 0. The van der Waals surface area contributed by atoms with Gasteiger partial charge in [-0.05, 0) is 37.1 Å². The zero-order chi connectivity index (χ0) is 18.1. The Labute approximate surface area is 169 Å². The molecule has 26 heavy (non-hydrogen) atoms. The maximum absolute atomic E-state index is 12.7.